The van der Waals surface area contributed by atoms with Crippen LogP contribution in [0.3, 0.4) is 0 Å². The minimum Gasteiger partial charge on any atom is -0.435 e. The summed E-state index contributed by atoms with van der Waals surface area (Å²) in [5.74, 6) is 0.662. The Bertz CT molecular complexity index is 610. The molecule has 0 aliphatic carbocycles. The van der Waals surface area contributed by atoms with E-state index in [0.29, 0.717) is 11.4 Å². The lowest BCUT2D eigenvalue weighted by Crippen LogP contribution is -2.08. The van der Waals surface area contributed by atoms with Crippen molar-refractivity contribution < 1.29 is 4.74 Å². The summed E-state index contributed by atoms with van der Waals surface area (Å²) in [5, 5.41) is 0. The van der Waals surface area contributed by atoms with Gasteiger partial charge in [0.15, 0.2) is 5.75 Å². The molecule has 2 aromatic rings. The van der Waals surface area contributed by atoms with Crippen LogP contribution in [0, 0.1) is 6.92 Å². The van der Waals surface area contributed by atoms with Crippen LogP contribution in [0.4, 0.5) is 5.69 Å². The molecule has 0 aliphatic heterocycles. The summed E-state index contributed by atoms with van der Waals surface area (Å²) in [6.07, 6.45) is 1.27. The summed E-state index contributed by atoms with van der Waals surface area (Å²) in [5.41, 5.74) is 6.97. The fourth-order valence-corrected chi connectivity index (χ4v) is 1.57. The minimum atomic E-state index is -0.304. The zero-order chi connectivity index (χ0) is 12.4. The Balaban J connectivity index is 2.41. The number of aromatic amines is 1. The van der Waals surface area contributed by atoms with E-state index in [1.54, 1.807) is 12.1 Å². The molecule has 2 rings (SSSR count). The monoisotopic (exact) mass is 295 g/mol. The van der Waals surface area contributed by atoms with Crippen LogP contribution in [0.2, 0.25) is 0 Å². The Morgan fingerprint density at radius 3 is 3.00 bits per heavy atom. The van der Waals surface area contributed by atoms with Gasteiger partial charge in [-0.3, -0.25) is 4.79 Å². The first-order valence-electron chi connectivity index (χ1n) is 4.85. The normalized spacial score (nSPS) is 10.2. The van der Waals surface area contributed by atoms with E-state index >= 15 is 0 Å². The third kappa shape index (κ3) is 2.47. The van der Waals surface area contributed by atoms with Crippen molar-refractivity contribution in [2.75, 3.05) is 5.73 Å². The molecule has 0 saturated heterocycles. The number of hydrogen-bond donors (Lipinski definition) is 2. The number of nitrogens with two attached hydrogens (primary N) is 1. The maximum atomic E-state index is 11.3. The second-order valence-corrected chi connectivity index (χ2v) is 4.29. The zero-order valence-corrected chi connectivity index (χ0v) is 10.6. The summed E-state index contributed by atoms with van der Waals surface area (Å²) in [4.78, 5) is 17.7. The molecule has 3 N–H and O–H groups in total. The topological polar surface area (TPSA) is 81.0 Å². The standard InChI is InChI=1S/C11H10BrN3O2/c1-6-2-3-7(13)8(4-6)17-11-9(12)10(16)14-5-15-11/h2-5H,13H2,1H3,(H,14,15,16). The molecular formula is C11H10BrN3O2. The number of anilines is 1. The van der Waals surface area contributed by atoms with Gasteiger partial charge in [-0.1, -0.05) is 6.07 Å². The molecule has 0 spiro atoms. The van der Waals surface area contributed by atoms with Crippen molar-refractivity contribution in [1.29, 1.82) is 0 Å². The van der Waals surface area contributed by atoms with Gasteiger partial charge in [-0.05, 0) is 40.5 Å². The van der Waals surface area contributed by atoms with Crippen molar-refractivity contribution in [2.24, 2.45) is 0 Å². The molecule has 0 unspecified atom stereocenters. The van der Waals surface area contributed by atoms with Gasteiger partial charge in [-0.15, -0.1) is 0 Å². The Morgan fingerprint density at radius 2 is 2.24 bits per heavy atom. The fraction of sp³-hybridized carbons (Fsp3) is 0.0909. The maximum absolute atomic E-state index is 11.3. The van der Waals surface area contributed by atoms with Crippen LogP contribution < -0.4 is 16.0 Å². The van der Waals surface area contributed by atoms with Gasteiger partial charge in [-0.25, -0.2) is 4.98 Å². The Morgan fingerprint density at radius 1 is 1.47 bits per heavy atom. The number of benzene rings is 1. The molecule has 0 bridgehead atoms. The van der Waals surface area contributed by atoms with Gasteiger partial charge in [0.25, 0.3) is 5.56 Å². The van der Waals surface area contributed by atoms with E-state index in [1.807, 2.05) is 13.0 Å². The molecule has 0 radical (unpaired) electrons. The highest BCUT2D eigenvalue weighted by Gasteiger charge is 2.09. The lowest BCUT2D eigenvalue weighted by molar-refractivity contribution is 0.459. The van der Waals surface area contributed by atoms with Crippen LogP contribution in [-0.2, 0) is 0 Å². The van der Waals surface area contributed by atoms with Crippen LogP contribution >= 0.6 is 15.9 Å². The first kappa shape index (κ1) is 11.7. The second-order valence-electron chi connectivity index (χ2n) is 3.49. The van der Waals surface area contributed by atoms with Crippen LogP contribution in [0.5, 0.6) is 11.6 Å². The third-order valence-corrected chi connectivity index (χ3v) is 2.84. The summed E-state index contributed by atoms with van der Waals surface area (Å²) >= 11 is 3.11. The fourth-order valence-electron chi connectivity index (χ4n) is 1.27. The molecule has 0 atom stereocenters. The number of rotatable bonds is 2. The van der Waals surface area contributed by atoms with Crippen LogP contribution in [0.25, 0.3) is 0 Å². The minimum absolute atomic E-state index is 0.186. The smallest absolute Gasteiger partial charge is 0.268 e. The quantitative estimate of drug-likeness (QED) is 0.833. The van der Waals surface area contributed by atoms with Crippen molar-refractivity contribution in [1.82, 2.24) is 9.97 Å². The second kappa shape index (κ2) is 4.58. The molecule has 6 heteroatoms. The number of nitrogens with zero attached hydrogens (tertiary/aromatic N) is 1. The molecule has 0 aliphatic rings. The molecule has 1 aromatic heterocycles. The van der Waals surface area contributed by atoms with Crippen LogP contribution in [0.15, 0.2) is 33.8 Å². The van der Waals surface area contributed by atoms with E-state index in [4.69, 9.17) is 10.5 Å². The molecule has 17 heavy (non-hydrogen) atoms. The van der Waals surface area contributed by atoms with E-state index < -0.39 is 0 Å². The van der Waals surface area contributed by atoms with Gasteiger partial charge in [0.1, 0.15) is 4.47 Å². The van der Waals surface area contributed by atoms with Crippen LogP contribution in [-0.4, -0.2) is 9.97 Å². The van der Waals surface area contributed by atoms with Gasteiger partial charge in [0, 0.05) is 0 Å². The molecule has 1 heterocycles. The molecule has 0 amide bonds. The predicted molar refractivity (Wildman–Crippen MR) is 68.2 cm³/mol. The summed E-state index contributed by atoms with van der Waals surface area (Å²) < 4.78 is 5.74. The van der Waals surface area contributed by atoms with E-state index in [9.17, 15) is 4.79 Å². The molecular weight excluding hydrogens is 286 g/mol. The third-order valence-electron chi connectivity index (χ3n) is 2.14. The Hall–Kier alpha value is -1.82. The molecule has 88 valence electrons. The first-order valence-corrected chi connectivity index (χ1v) is 5.64. The summed E-state index contributed by atoms with van der Waals surface area (Å²) in [6.45, 7) is 1.92. The predicted octanol–water partition coefficient (Wildman–Crippen LogP) is 2.22. The van der Waals surface area contributed by atoms with Crippen LogP contribution in [0.1, 0.15) is 5.56 Å². The highest BCUT2D eigenvalue weighted by atomic mass is 79.9. The van der Waals surface area contributed by atoms with Crippen molar-refractivity contribution in [3.8, 4) is 11.6 Å². The van der Waals surface area contributed by atoms with Gasteiger partial charge >= 0.3 is 0 Å². The molecule has 1 aromatic carbocycles. The largest absolute Gasteiger partial charge is 0.435 e. The van der Waals surface area contributed by atoms with Crippen molar-refractivity contribution in [3.05, 3.63) is 44.9 Å². The van der Waals surface area contributed by atoms with Gasteiger partial charge in [0.2, 0.25) is 5.88 Å². The van der Waals surface area contributed by atoms with Gasteiger partial charge in [0.05, 0.1) is 12.0 Å². The van der Waals surface area contributed by atoms with Gasteiger partial charge < -0.3 is 15.5 Å². The number of hydrogen-bond acceptors (Lipinski definition) is 4. The zero-order valence-electron chi connectivity index (χ0n) is 9.03. The van der Waals surface area contributed by atoms with E-state index in [1.165, 1.54) is 6.33 Å². The number of aryl methyl sites for hydroxylation is 1. The summed E-state index contributed by atoms with van der Waals surface area (Å²) in [7, 11) is 0. The van der Waals surface area contributed by atoms with E-state index in [0.717, 1.165) is 5.56 Å². The van der Waals surface area contributed by atoms with E-state index in [-0.39, 0.29) is 15.9 Å². The highest BCUT2D eigenvalue weighted by Crippen LogP contribution is 2.29. The lowest BCUT2D eigenvalue weighted by Gasteiger charge is -2.08. The number of halogens is 1. The molecule has 5 nitrogen and oxygen atoms in total. The number of nitrogen functional groups attached to an aromatic ring is 1. The van der Waals surface area contributed by atoms with Crippen molar-refractivity contribution in [2.45, 2.75) is 6.92 Å². The number of aromatic nitrogens is 2. The highest BCUT2D eigenvalue weighted by molar-refractivity contribution is 9.10. The molecule has 0 fully saturated rings. The average Bonchev–Trinajstić information content (AvgIpc) is 2.30. The Kier molecular flexibility index (Phi) is 3.14. The first-order chi connectivity index (χ1) is 8.08. The molecule has 0 saturated carbocycles. The Labute approximate surface area is 106 Å². The maximum Gasteiger partial charge on any atom is 0.268 e. The SMILES string of the molecule is Cc1ccc(N)c(Oc2nc[nH]c(=O)c2Br)c1. The van der Waals surface area contributed by atoms with Crippen molar-refractivity contribution in [3.63, 3.8) is 0 Å². The lowest BCUT2D eigenvalue weighted by atomic mass is 10.2. The van der Waals surface area contributed by atoms with Crippen molar-refractivity contribution >= 4 is 21.6 Å². The van der Waals surface area contributed by atoms with Gasteiger partial charge in [-0.2, -0.15) is 0 Å². The number of nitrogens with one attached hydrogen (secondary N) is 1. The number of ether oxygens (including phenoxy) is 1. The summed E-state index contributed by atoms with van der Waals surface area (Å²) in [6, 6.07) is 5.40. The average molecular weight is 296 g/mol. The van der Waals surface area contributed by atoms with E-state index in [2.05, 4.69) is 25.9 Å². The number of H-pyrrole nitrogens is 1.